The van der Waals surface area contributed by atoms with E-state index in [0.717, 1.165) is 46.1 Å². The van der Waals surface area contributed by atoms with Crippen LogP contribution in [0.4, 0.5) is 9.59 Å². The van der Waals surface area contributed by atoms with Crippen LogP contribution in [-0.4, -0.2) is 82.4 Å². The van der Waals surface area contributed by atoms with Gasteiger partial charge in [-0.05, 0) is 34.1 Å². The standard InChI is InChI=1S/C40H50N8O6/c1-21(2)31(35(49)33(23(5)17-41)47-39(51)53-7)37-43-19-29(45-37)27-13-9-25(10-14-27)26-11-15-28(16-12-26)30-20-44-38(46-30)32(22(3)4)36(50)34(24(6)18-42)48-40(52)54-8/h9-24,31-34,41-42H,1-8H3,(H,43,45)(H,44,46)(H,47,51)(H,48,52)/t23?,24?,31-,32-,33-,34-/m1/s1. The number of aromatic nitrogens is 4. The summed E-state index contributed by atoms with van der Waals surface area (Å²) >= 11 is 0. The highest BCUT2D eigenvalue weighted by atomic mass is 16.5. The molecule has 2 amide bonds. The Kier molecular flexibility index (Phi) is 13.8. The molecule has 6 atom stereocenters. The number of carbonyl (C=O) groups is 4. The molecule has 0 saturated heterocycles. The molecule has 14 nitrogen and oxygen atoms in total. The van der Waals surface area contributed by atoms with Crippen LogP contribution in [0.1, 0.15) is 65.0 Å². The zero-order valence-electron chi connectivity index (χ0n) is 31.9. The van der Waals surface area contributed by atoms with E-state index in [1.807, 2.05) is 76.2 Å². The number of carbonyl (C=O) groups excluding carboxylic acids is 4. The van der Waals surface area contributed by atoms with Crippen molar-refractivity contribution >= 4 is 36.2 Å². The van der Waals surface area contributed by atoms with Gasteiger partial charge in [0.25, 0.3) is 0 Å². The predicted molar refractivity (Wildman–Crippen MR) is 207 cm³/mol. The summed E-state index contributed by atoms with van der Waals surface area (Å²) in [5.41, 5.74) is 5.18. The molecule has 0 aliphatic heterocycles. The van der Waals surface area contributed by atoms with Crippen molar-refractivity contribution < 1.29 is 28.7 Å². The molecule has 0 radical (unpaired) electrons. The fourth-order valence-electron chi connectivity index (χ4n) is 6.40. The van der Waals surface area contributed by atoms with Gasteiger partial charge in [0.05, 0.1) is 61.9 Å². The zero-order valence-corrected chi connectivity index (χ0v) is 31.9. The predicted octanol–water partition coefficient (Wildman–Crippen LogP) is 6.77. The van der Waals surface area contributed by atoms with E-state index < -0.39 is 47.9 Å². The lowest BCUT2D eigenvalue weighted by atomic mass is 9.83. The number of rotatable bonds is 17. The molecule has 4 aromatic rings. The molecule has 0 bridgehead atoms. The summed E-state index contributed by atoms with van der Waals surface area (Å²) in [7, 11) is 2.45. The average Bonchev–Trinajstić information content (AvgIpc) is 3.86. The number of ether oxygens (including phenoxy) is 2. The van der Waals surface area contributed by atoms with Gasteiger partial charge >= 0.3 is 12.2 Å². The van der Waals surface area contributed by atoms with Crippen LogP contribution in [0.25, 0.3) is 33.6 Å². The SMILES string of the molecule is COC(=O)N[C@@H](C(=O)[C@H](c1ncc(-c2ccc(-c3ccc(-c4cnc([C@@H](C(=O)[C@H](NC(=O)OC)C(C)C=N)C(C)C)[nH]4)cc3)cc2)[nH]1)C(C)C)C(C)C=N. The largest absolute Gasteiger partial charge is 0.453 e. The third kappa shape index (κ3) is 9.35. The number of methoxy groups -OCH3 is 2. The van der Waals surface area contributed by atoms with Gasteiger partial charge < -0.3 is 40.9 Å². The highest BCUT2D eigenvalue weighted by molar-refractivity contribution is 5.95. The summed E-state index contributed by atoms with van der Waals surface area (Å²) in [4.78, 5) is 67.1. The molecule has 0 aliphatic carbocycles. The number of hydrogen-bond donors (Lipinski definition) is 6. The molecule has 2 unspecified atom stereocenters. The van der Waals surface area contributed by atoms with Gasteiger partial charge in [0.2, 0.25) is 0 Å². The number of amides is 2. The van der Waals surface area contributed by atoms with Gasteiger partial charge in [-0.25, -0.2) is 19.6 Å². The minimum atomic E-state index is -0.949. The van der Waals surface area contributed by atoms with Crippen molar-refractivity contribution in [3.8, 4) is 33.6 Å². The number of benzene rings is 2. The second-order valence-electron chi connectivity index (χ2n) is 14.0. The number of Topliss-reactive ketones (excluding diaryl/α,β-unsaturated/α-hetero) is 2. The fraction of sp³-hybridized carbons (Fsp3) is 0.400. The second kappa shape index (κ2) is 18.2. The summed E-state index contributed by atoms with van der Waals surface area (Å²) < 4.78 is 9.44. The Balaban J connectivity index is 1.51. The maximum Gasteiger partial charge on any atom is 0.407 e. The maximum absolute atomic E-state index is 13.7. The van der Waals surface area contributed by atoms with Gasteiger partial charge in [-0.1, -0.05) is 90.1 Å². The van der Waals surface area contributed by atoms with Crippen LogP contribution in [0.5, 0.6) is 0 Å². The quantitative estimate of drug-likeness (QED) is 0.0634. The highest BCUT2D eigenvalue weighted by Crippen LogP contribution is 2.32. The Bertz CT molecular complexity index is 1790. The minimum Gasteiger partial charge on any atom is -0.453 e. The summed E-state index contributed by atoms with van der Waals surface area (Å²) in [5, 5.41) is 20.6. The molecule has 0 spiro atoms. The first-order chi connectivity index (χ1) is 25.7. The normalized spacial score (nSPS) is 14.6. The molecule has 0 aliphatic rings. The third-order valence-corrected chi connectivity index (χ3v) is 9.56. The number of nitrogens with zero attached hydrogens (tertiary/aromatic N) is 2. The smallest absolute Gasteiger partial charge is 0.407 e. The molecule has 0 saturated carbocycles. The summed E-state index contributed by atoms with van der Waals surface area (Å²) in [6, 6.07) is 14.0. The van der Waals surface area contributed by atoms with Gasteiger partial charge in [0, 0.05) is 24.3 Å². The number of alkyl carbamates (subject to hydrolysis) is 2. The number of ketones is 2. The fourth-order valence-corrected chi connectivity index (χ4v) is 6.40. The molecule has 286 valence electrons. The van der Waals surface area contributed by atoms with Gasteiger partial charge in [-0.3, -0.25) is 9.59 Å². The molecule has 4 rings (SSSR count). The molecular weight excluding hydrogens is 688 g/mol. The number of nitrogens with one attached hydrogen (secondary N) is 6. The average molecular weight is 739 g/mol. The number of H-pyrrole nitrogens is 2. The monoisotopic (exact) mass is 738 g/mol. The van der Waals surface area contributed by atoms with Crippen molar-refractivity contribution in [3.63, 3.8) is 0 Å². The Hall–Kier alpha value is -5.92. The van der Waals surface area contributed by atoms with E-state index >= 15 is 0 Å². The summed E-state index contributed by atoms with van der Waals surface area (Å²) in [6.45, 7) is 11.0. The van der Waals surface area contributed by atoms with E-state index in [0.29, 0.717) is 11.6 Å². The van der Waals surface area contributed by atoms with E-state index in [-0.39, 0.29) is 23.4 Å². The first-order valence-corrected chi connectivity index (χ1v) is 17.8. The van der Waals surface area contributed by atoms with Crippen LogP contribution in [0.3, 0.4) is 0 Å². The summed E-state index contributed by atoms with van der Waals surface area (Å²) in [5.74, 6) is -2.25. The van der Waals surface area contributed by atoms with Crippen LogP contribution >= 0.6 is 0 Å². The van der Waals surface area contributed by atoms with Crippen molar-refractivity contribution in [1.82, 2.24) is 30.6 Å². The molecule has 0 fully saturated rings. The molecule has 2 aromatic carbocycles. The number of aromatic amines is 2. The van der Waals surface area contributed by atoms with E-state index in [4.69, 9.17) is 20.3 Å². The number of hydrogen-bond acceptors (Lipinski definition) is 10. The first-order valence-electron chi connectivity index (χ1n) is 17.8. The van der Waals surface area contributed by atoms with Crippen LogP contribution in [0, 0.1) is 34.5 Å². The summed E-state index contributed by atoms with van der Waals surface area (Å²) in [6.07, 6.45) is 4.15. The molecule has 54 heavy (non-hydrogen) atoms. The zero-order chi connectivity index (χ0) is 39.7. The topological polar surface area (TPSA) is 216 Å². The minimum absolute atomic E-state index is 0.140. The van der Waals surface area contributed by atoms with Crippen molar-refractivity contribution in [1.29, 1.82) is 10.8 Å². The van der Waals surface area contributed by atoms with Crippen LogP contribution in [0.15, 0.2) is 60.9 Å². The molecule has 6 N–H and O–H groups in total. The lowest BCUT2D eigenvalue weighted by molar-refractivity contribution is -0.124. The van der Waals surface area contributed by atoms with Crippen molar-refractivity contribution in [3.05, 3.63) is 72.6 Å². The Morgan fingerprint density at radius 1 is 0.593 bits per heavy atom. The van der Waals surface area contributed by atoms with Gasteiger partial charge in [-0.2, -0.15) is 0 Å². The van der Waals surface area contributed by atoms with Gasteiger partial charge in [-0.15, -0.1) is 0 Å². The lowest BCUT2D eigenvalue weighted by Gasteiger charge is -2.26. The first kappa shape index (κ1) is 40.8. The van der Waals surface area contributed by atoms with Crippen LogP contribution in [0.2, 0.25) is 0 Å². The Labute approximate surface area is 315 Å². The lowest BCUT2D eigenvalue weighted by Crippen LogP contribution is -2.48. The van der Waals surface area contributed by atoms with E-state index in [2.05, 4.69) is 30.6 Å². The third-order valence-electron chi connectivity index (χ3n) is 9.56. The van der Waals surface area contributed by atoms with Crippen molar-refractivity contribution in [2.45, 2.75) is 65.5 Å². The second-order valence-corrected chi connectivity index (χ2v) is 14.0. The Morgan fingerprint density at radius 3 is 1.19 bits per heavy atom. The molecular formula is C40H50N8O6. The van der Waals surface area contributed by atoms with E-state index in [1.54, 1.807) is 26.2 Å². The maximum atomic E-state index is 13.7. The van der Waals surface area contributed by atoms with E-state index in [1.165, 1.54) is 14.2 Å². The highest BCUT2D eigenvalue weighted by Gasteiger charge is 2.37. The van der Waals surface area contributed by atoms with Crippen molar-refractivity contribution in [2.75, 3.05) is 14.2 Å². The molecule has 2 aromatic heterocycles. The number of imidazole rings is 2. The molecule has 2 heterocycles. The molecule has 14 heteroatoms. The van der Waals surface area contributed by atoms with E-state index in [9.17, 15) is 19.2 Å². The van der Waals surface area contributed by atoms with Crippen LogP contribution < -0.4 is 10.6 Å². The van der Waals surface area contributed by atoms with Crippen LogP contribution in [-0.2, 0) is 19.1 Å². The van der Waals surface area contributed by atoms with Gasteiger partial charge in [0.1, 0.15) is 11.6 Å². The van der Waals surface area contributed by atoms with Crippen molar-refractivity contribution in [2.24, 2.45) is 23.7 Å². The van der Waals surface area contributed by atoms with Gasteiger partial charge in [0.15, 0.2) is 11.6 Å². The Morgan fingerprint density at radius 2 is 0.907 bits per heavy atom.